The number of aromatic amines is 5. The molecule has 15 aromatic heterocycles. The largest absolute Gasteiger partial charge is 0.473 e. The van der Waals surface area contributed by atoms with Crippen molar-refractivity contribution in [2.45, 2.75) is 0 Å². The molecule has 16 rings (SSSR count). The lowest BCUT2D eigenvalue weighted by atomic mass is 10.3. The Morgan fingerprint density at radius 3 is 1.25 bits per heavy atom. The van der Waals surface area contributed by atoms with Gasteiger partial charge >= 0.3 is 0 Å². The number of H-pyrrole nitrogens is 5. The van der Waals surface area contributed by atoms with E-state index in [4.69, 9.17) is 0 Å². The maximum Gasteiger partial charge on any atom is 0.213 e. The van der Waals surface area contributed by atoms with Crippen molar-refractivity contribution < 1.29 is 17.8 Å². The average Bonchev–Trinajstić information content (AvgIpc) is 4.41. The molecule has 0 atom stereocenters. The molecule has 0 saturated carbocycles. The van der Waals surface area contributed by atoms with Crippen LogP contribution >= 0.6 is 22.7 Å². The summed E-state index contributed by atoms with van der Waals surface area (Å²) < 4.78 is 17.6. The lowest BCUT2D eigenvalue weighted by Gasteiger charge is -1.81. The molecule has 28 heteroatoms. The summed E-state index contributed by atoms with van der Waals surface area (Å²) in [7, 11) is 0. The lowest BCUT2D eigenvalue weighted by molar-refractivity contribution is 0.416. The Balaban J connectivity index is 0.000000305. The maximum atomic E-state index is 4.58. The Labute approximate surface area is 484 Å². The summed E-state index contributed by atoms with van der Waals surface area (Å²) in [6.45, 7) is 0. The van der Waals surface area contributed by atoms with Gasteiger partial charge in [0.05, 0.1) is 47.9 Å². The van der Waals surface area contributed by atoms with Gasteiger partial charge in [0.25, 0.3) is 0 Å². The van der Waals surface area contributed by atoms with Gasteiger partial charge in [-0.25, -0.2) is 44.9 Å². The van der Waals surface area contributed by atoms with Crippen molar-refractivity contribution in [1.82, 2.24) is 110 Å². The number of nitrogens with zero attached hydrogens (tertiary/aromatic N) is 17. The predicted molar refractivity (Wildman–Crippen MR) is 313 cm³/mol. The molecule has 0 saturated heterocycles. The first-order chi connectivity index (χ1) is 41.5. The van der Waals surface area contributed by atoms with Gasteiger partial charge in [-0.2, -0.15) is 16.4 Å². The van der Waals surface area contributed by atoms with Crippen molar-refractivity contribution in [3.05, 3.63) is 325 Å². The SMILES string of the molecule is c1c[nH]cn1.c1cc[nH]c1.c1cc[nH]c1.c1ccc2[nH]cnc2c1.c1ccncc1.c1ccoc1.c1ccsc1.c1cn[nH]c1.c1cnccn1.c1cncnc1.c1cocn1.c1cscn1.c1ncncn1.c1ncon1.c1nnco1. The number of thiophene rings is 1. The molecule has 0 unspecified atom stereocenters. The van der Waals surface area contributed by atoms with Crippen LogP contribution in [-0.4, -0.2) is 110 Å². The third-order valence-electron chi connectivity index (χ3n) is 7.16. The highest BCUT2D eigenvalue weighted by atomic mass is 32.1. The molecule has 424 valence electrons. The van der Waals surface area contributed by atoms with Crippen LogP contribution in [0.15, 0.2) is 343 Å². The second-order valence-electron chi connectivity index (χ2n) is 12.9. The Hall–Kier alpha value is -11.9. The molecule has 15 heterocycles. The van der Waals surface area contributed by atoms with E-state index in [0.717, 1.165) is 11.0 Å². The Morgan fingerprint density at radius 1 is 0.349 bits per heavy atom. The molecule has 0 fully saturated rings. The monoisotopic (exact) mass is 1150 g/mol. The summed E-state index contributed by atoms with van der Waals surface area (Å²) in [4.78, 5) is 59.2. The number of thiazole rings is 1. The fourth-order valence-corrected chi connectivity index (χ4v) is 4.77. The molecule has 0 aliphatic rings. The van der Waals surface area contributed by atoms with Gasteiger partial charge in [-0.3, -0.25) is 25.0 Å². The molecule has 26 nitrogen and oxygen atoms in total. The molecule has 0 amide bonds. The van der Waals surface area contributed by atoms with Crippen molar-refractivity contribution in [1.29, 1.82) is 0 Å². The van der Waals surface area contributed by atoms with E-state index >= 15 is 0 Å². The van der Waals surface area contributed by atoms with Crippen LogP contribution in [0.4, 0.5) is 0 Å². The molecule has 0 bridgehead atoms. The van der Waals surface area contributed by atoms with Crippen molar-refractivity contribution in [3.63, 3.8) is 0 Å². The van der Waals surface area contributed by atoms with Crippen molar-refractivity contribution in [2.75, 3.05) is 0 Å². The zero-order valence-corrected chi connectivity index (χ0v) is 45.8. The second-order valence-corrected chi connectivity index (χ2v) is 14.5. The number of oxazole rings is 1. The van der Waals surface area contributed by atoms with Gasteiger partial charge < -0.3 is 37.7 Å². The average molecular weight is 1160 g/mol. The number of para-hydroxylation sites is 2. The number of fused-ring (bicyclic) bond motifs is 1. The molecule has 0 radical (unpaired) electrons. The summed E-state index contributed by atoms with van der Waals surface area (Å²) >= 11 is 3.31. The number of aromatic nitrogens is 22. The first-order valence-electron chi connectivity index (χ1n) is 23.6. The van der Waals surface area contributed by atoms with Crippen LogP contribution < -0.4 is 0 Å². The van der Waals surface area contributed by atoms with Gasteiger partial charge in [0.2, 0.25) is 19.2 Å². The van der Waals surface area contributed by atoms with Crippen LogP contribution in [0.5, 0.6) is 0 Å². The molecule has 83 heavy (non-hydrogen) atoms. The van der Waals surface area contributed by atoms with Gasteiger partial charge in [-0.05, 0) is 83.6 Å². The highest BCUT2D eigenvalue weighted by molar-refractivity contribution is 7.07. The maximum absolute atomic E-state index is 4.58. The van der Waals surface area contributed by atoms with E-state index in [-0.39, 0.29) is 0 Å². The van der Waals surface area contributed by atoms with E-state index in [9.17, 15) is 0 Å². The van der Waals surface area contributed by atoms with Crippen molar-refractivity contribution in [2.24, 2.45) is 0 Å². The van der Waals surface area contributed by atoms with Crippen molar-refractivity contribution >= 4 is 33.7 Å². The van der Waals surface area contributed by atoms with Crippen LogP contribution in [0.2, 0.25) is 0 Å². The molecule has 0 aliphatic heterocycles. The van der Waals surface area contributed by atoms with Crippen LogP contribution in [0, 0.1) is 0 Å². The lowest BCUT2D eigenvalue weighted by Crippen LogP contribution is -1.73. The standard InChI is InChI=1S/C7H6N2.C5H5N.2C4H4N2.2C4H5N.C4H4O.C4H4S.C3H3N3.2C3H4N2.C3H3NO.C3H3NS.2C2H2N2O/c1-2-4-7-6(3-1)8-5-9-7;1-2-4-6-5-3-1;1-2-6-4-3-5-1;1-2-5-4-6-3-1;4*1-2-4-5-3-1;1-4-2-6-3-5-1;1-2-5-3-4-1;1-2-4-5-3-1;2*1-2-5-3-4-1;1-3-4-2-5-1;1-3-2-5-4-1/h1-5H,(H,8,9);1-5H;2*1-4H;2*1-5H;2*1-4H;1-3H;2*1-3H,(H,4,5);2*1-3H;2*1-2H. The van der Waals surface area contributed by atoms with Crippen LogP contribution in [-0.2, 0) is 0 Å². The van der Waals surface area contributed by atoms with E-state index < -0.39 is 0 Å². The quantitative estimate of drug-likeness (QED) is 0.0941. The molecule has 0 aliphatic carbocycles. The summed E-state index contributed by atoms with van der Waals surface area (Å²) in [5.74, 6) is 0. The van der Waals surface area contributed by atoms with Gasteiger partial charge in [0, 0.05) is 111 Å². The molecule has 0 spiro atoms. The molecule has 1 aromatic carbocycles. The molecular formula is C55H58N22O4S2. The Bertz CT molecular complexity index is 2420. The van der Waals surface area contributed by atoms with Crippen molar-refractivity contribution in [3.8, 4) is 0 Å². The number of imidazole rings is 2. The molecule has 5 N–H and O–H groups in total. The number of rotatable bonds is 0. The first kappa shape index (κ1) is 67.2. The number of benzene rings is 1. The second kappa shape index (κ2) is 59.3. The smallest absolute Gasteiger partial charge is 0.213 e. The fraction of sp³-hybridized carbons (Fsp3) is 0. The normalized spacial score (nSPS) is 8.24. The van der Waals surface area contributed by atoms with E-state index in [2.05, 4.69) is 128 Å². The number of hydrogen-bond acceptors (Lipinski definition) is 23. The predicted octanol–water partition coefficient (Wildman–Crippen LogP) is 11.3. The van der Waals surface area contributed by atoms with Gasteiger partial charge in [0.15, 0.2) is 12.7 Å². The first-order valence-corrected chi connectivity index (χ1v) is 25.5. The molecule has 16 aromatic rings. The third-order valence-corrected chi connectivity index (χ3v) is 8.31. The number of furan rings is 1. The fourth-order valence-electron chi connectivity index (χ4n) is 3.97. The van der Waals surface area contributed by atoms with E-state index in [1.54, 1.807) is 146 Å². The zero-order valence-electron chi connectivity index (χ0n) is 44.2. The van der Waals surface area contributed by atoms with Crippen LogP contribution in [0.3, 0.4) is 0 Å². The Kier molecular flexibility index (Phi) is 48.0. The van der Waals surface area contributed by atoms with Gasteiger partial charge in [-0.15, -0.1) is 21.5 Å². The summed E-state index contributed by atoms with van der Waals surface area (Å²) in [6, 6.07) is 32.8. The summed E-state index contributed by atoms with van der Waals surface area (Å²) in [6.07, 6.45) is 51.6. The highest BCUT2D eigenvalue weighted by Crippen LogP contribution is 2.05. The highest BCUT2D eigenvalue weighted by Gasteiger charge is 1.88. The minimum atomic E-state index is 1.03. The van der Waals surface area contributed by atoms with Gasteiger partial charge in [0.1, 0.15) is 31.6 Å². The van der Waals surface area contributed by atoms with E-state index in [1.807, 2.05) is 138 Å². The third kappa shape index (κ3) is 51.9. The zero-order chi connectivity index (χ0) is 58.4. The van der Waals surface area contributed by atoms with Gasteiger partial charge in [-0.1, -0.05) is 35.5 Å². The topological polar surface area (TPSA) is 351 Å². The summed E-state index contributed by atoms with van der Waals surface area (Å²) in [5.41, 5.74) is 3.91. The molecular weight excluding hydrogens is 1100 g/mol. The number of pyridine rings is 1. The minimum absolute atomic E-state index is 1.03. The van der Waals surface area contributed by atoms with Crippen LogP contribution in [0.25, 0.3) is 11.0 Å². The summed E-state index contributed by atoms with van der Waals surface area (Å²) in [5, 5.41) is 22.1. The Morgan fingerprint density at radius 2 is 1.00 bits per heavy atom. The number of hydrogen-bond donors (Lipinski definition) is 5. The van der Waals surface area contributed by atoms with E-state index in [0.29, 0.717) is 0 Å². The van der Waals surface area contributed by atoms with Crippen LogP contribution in [0.1, 0.15) is 0 Å². The minimum Gasteiger partial charge on any atom is -0.473 e. The number of nitrogens with one attached hydrogen (secondary N) is 5. The van der Waals surface area contributed by atoms with E-state index in [1.165, 1.54) is 63.5 Å².